The Morgan fingerprint density at radius 2 is 2.16 bits per heavy atom. The van der Waals surface area contributed by atoms with Gasteiger partial charge in [-0.25, -0.2) is 4.39 Å². The van der Waals surface area contributed by atoms with Crippen LogP contribution in [-0.4, -0.2) is 24.1 Å². The van der Waals surface area contributed by atoms with Gasteiger partial charge in [0, 0.05) is 31.3 Å². The molecule has 1 aromatic rings. The van der Waals surface area contributed by atoms with Gasteiger partial charge >= 0.3 is 5.69 Å². The van der Waals surface area contributed by atoms with E-state index in [0.29, 0.717) is 19.2 Å². The van der Waals surface area contributed by atoms with E-state index in [-0.39, 0.29) is 11.7 Å². The van der Waals surface area contributed by atoms with Crippen molar-refractivity contribution >= 4 is 11.4 Å². The summed E-state index contributed by atoms with van der Waals surface area (Å²) in [5, 5.41) is 11.0. The van der Waals surface area contributed by atoms with Gasteiger partial charge < -0.3 is 10.6 Å². The number of rotatable bonds is 3. The molecule has 0 aromatic heterocycles. The Labute approximate surface area is 109 Å². The van der Waals surface area contributed by atoms with E-state index in [0.717, 1.165) is 25.3 Å². The number of hydrogen-bond acceptors (Lipinski definition) is 4. The normalized spacial score (nSPS) is 19.5. The van der Waals surface area contributed by atoms with Crippen LogP contribution >= 0.6 is 0 Å². The first kappa shape index (κ1) is 13.7. The fourth-order valence-corrected chi connectivity index (χ4v) is 2.51. The molecule has 1 aliphatic heterocycles. The Morgan fingerprint density at radius 1 is 1.42 bits per heavy atom. The van der Waals surface area contributed by atoms with Crippen LogP contribution < -0.4 is 10.6 Å². The minimum atomic E-state index is -1.15. The number of nitro groups is 1. The topological polar surface area (TPSA) is 72.4 Å². The molecule has 0 saturated carbocycles. The summed E-state index contributed by atoms with van der Waals surface area (Å²) < 4.78 is 26.9. The highest BCUT2D eigenvalue weighted by molar-refractivity contribution is 5.65. The molecule has 1 heterocycles. The third kappa shape index (κ3) is 2.65. The van der Waals surface area contributed by atoms with E-state index >= 15 is 0 Å². The lowest BCUT2D eigenvalue weighted by Gasteiger charge is -2.36. The maximum Gasteiger partial charge on any atom is 0.328 e. The van der Waals surface area contributed by atoms with Gasteiger partial charge in [0.15, 0.2) is 0 Å². The molecule has 5 nitrogen and oxygen atoms in total. The number of piperidine rings is 1. The molecule has 0 amide bonds. The summed E-state index contributed by atoms with van der Waals surface area (Å²) in [6.45, 7) is 0.820. The molecule has 1 saturated heterocycles. The largest absolute Gasteiger partial charge is 0.362 e. The van der Waals surface area contributed by atoms with Crippen LogP contribution in [0.3, 0.4) is 0 Å². The molecule has 2 rings (SSSR count). The molecule has 7 heteroatoms. The van der Waals surface area contributed by atoms with Crippen LogP contribution in [-0.2, 0) is 0 Å². The molecule has 0 aliphatic carbocycles. The van der Waals surface area contributed by atoms with Crippen molar-refractivity contribution in [2.75, 3.05) is 18.0 Å². The lowest BCUT2D eigenvalue weighted by atomic mass is 10.0. The Hall–Kier alpha value is -1.76. The van der Waals surface area contributed by atoms with Crippen molar-refractivity contribution in [3.8, 4) is 0 Å². The molecular weight excluding hydrogens is 256 g/mol. The Balaban J connectivity index is 2.50. The van der Waals surface area contributed by atoms with E-state index in [4.69, 9.17) is 5.73 Å². The number of benzene rings is 1. The van der Waals surface area contributed by atoms with Gasteiger partial charge in [-0.15, -0.1) is 0 Å². The minimum absolute atomic E-state index is 0.0161. The SMILES string of the molecule is NCC1CCCCN1c1cc(F)cc(F)c1[N+](=O)[O-]. The third-order valence-electron chi connectivity index (χ3n) is 3.40. The molecule has 1 aliphatic rings. The minimum Gasteiger partial charge on any atom is -0.362 e. The Kier molecular flexibility index (Phi) is 3.94. The zero-order valence-corrected chi connectivity index (χ0v) is 10.3. The van der Waals surface area contributed by atoms with E-state index in [1.807, 2.05) is 0 Å². The van der Waals surface area contributed by atoms with Crippen LogP contribution in [0.2, 0.25) is 0 Å². The summed E-state index contributed by atoms with van der Waals surface area (Å²) >= 11 is 0. The van der Waals surface area contributed by atoms with Crippen LogP contribution in [0.15, 0.2) is 12.1 Å². The smallest absolute Gasteiger partial charge is 0.328 e. The average Bonchev–Trinajstić information content (AvgIpc) is 2.37. The second kappa shape index (κ2) is 5.48. The highest BCUT2D eigenvalue weighted by Crippen LogP contribution is 2.35. The van der Waals surface area contributed by atoms with Crippen LogP contribution in [0.1, 0.15) is 19.3 Å². The maximum absolute atomic E-state index is 13.6. The van der Waals surface area contributed by atoms with E-state index in [1.54, 1.807) is 4.90 Å². The van der Waals surface area contributed by atoms with Gasteiger partial charge in [-0.2, -0.15) is 4.39 Å². The van der Waals surface area contributed by atoms with Crippen molar-refractivity contribution < 1.29 is 13.7 Å². The fraction of sp³-hybridized carbons (Fsp3) is 0.500. The first-order valence-electron chi connectivity index (χ1n) is 6.14. The van der Waals surface area contributed by atoms with Crippen molar-refractivity contribution in [3.05, 3.63) is 33.9 Å². The van der Waals surface area contributed by atoms with Gasteiger partial charge in [-0.1, -0.05) is 0 Å². The molecule has 1 unspecified atom stereocenters. The summed E-state index contributed by atoms with van der Waals surface area (Å²) in [4.78, 5) is 11.8. The number of hydrogen-bond donors (Lipinski definition) is 1. The number of nitrogens with two attached hydrogens (primary N) is 1. The zero-order valence-electron chi connectivity index (χ0n) is 10.3. The van der Waals surface area contributed by atoms with Gasteiger partial charge in [-0.05, 0) is 19.3 Å². The van der Waals surface area contributed by atoms with Crippen molar-refractivity contribution in [2.45, 2.75) is 25.3 Å². The van der Waals surface area contributed by atoms with Crippen LogP contribution in [0.4, 0.5) is 20.2 Å². The van der Waals surface area contributed by atoms with Gasteiger partial charge in [-0.3, -0.25) is 10.1 Å². The highest BCUT2D eigenvalue weighted by Gasteiger charge is 2.30. The first-order chi connectivity index (χ1) is 9.04. The number of halogens is 2. The second-order valence-electron chi connectivity index (χ2n) is 4.59. The summed E-state index contributed by atoms with van der Waals surface area (Å²) in [6, 6.07) is 1.42. The van der Waals surface area contributed by atoms with Gasteiger partial charge in [0.25, 0.3) is 0 Å². The van der Waals surface area contributed by atoms with Gasteiger partial charge in [0.05, 0.1) is 4.92 Å². The van der Waals surface area contributed by atoms with Crippen molar-refractivity contribution in [2.24, 2.45) is 5.73 Å². The van der Waals surface area contributed by atoms with E-state index in [9.17, 15) is 18.9 Å². The number of nitrogens with zero attached hydrogens (tertiary/aromatic N) is 2. The van der Waals surface area contributed by atoms with Gasteiger partial charge in [0.2, 0.25) is 5.82 Å². The predicted octanol–water partition coefficient (Wildman–Crippen LogP) is 2.19. The van der Waals surface area contributed by atoms with Crippen molar-refractivity contribution in [3.63, 3.8) is 0 Å². The Morgan fingerprint density at radius 3 is 2.79 bits per heavy atom. The zero-order chi connectivity index (χ0) is 14.0. The Bertz CT molecular complexity index is 496. The lowest BCUT2D eigenvalue weighted by molar-refractivity contribution is -0.386. The van der Waals surface area contributed by atoms with Crippen LogP contribution in [0.25, 0.3) is 0 Å². The predicted molar refractivity (Wildman–Crippen MR) is 67.1 cm³/mol. The molecular formula is C12H15F2N3O2. The monoisotopic (exact) mass is 271 g/mol. The molecule has 0 radical (unpaired) electrons. The van der Waals surface area contributed by atoms with Crippen molar-refractivity contribution in [1.29, 1.82) is 0 Å². The fourth-order valence-electron chi connectivity index (χ4n) is 2.51. The third-order valence-corrected chi connectivity index (χ3v) is 3.40. The molecule has 1 atom stereocenters. The van der Waals surface area contributed by atoms with E-state index in [1.165, 1.54) is 0 Å². The number of nitro benzene ring substituents is 1. The molecule has 0 spiro atoms. The second-order valence-corrected chi connectivity index (χ2v) is 4.59. The average molecular weight is 271 g/mol. The van der Waals surface area contributed by atoms with E-state index < -0.39 is 22.2 Å². The molecule has 2 N–H and O–H groups in total. The molecule has 1 aromatic carbocycles. The molecule has 0 bridgehead atoms. The molecule has 1 fully saturated rings. The summed E-state index contributed by atoms with van der Waals surface area (Å²) in [7, 11) is 0. The molecule has 104 valence electrons. The van der Waals surface area contributed by atoms with Crippen LogP contribution in [0.5, 0.6) is 0 Å². The first-order valence-corrected chi connectivity index (χ1v) is 6.14. The number of anilines is 1. The summed E-state index contributed by atoms with van der Waals surface area (Å²) in [5.74, 6) is -1.97. The molecule has 19 heavy (non-hydrogen) atoms. The summed E-state index contributed by atoms with van der Waals surface area (Å²) in [5.41, 5.74) is 4.94. The summed E-state index contributed by atoms with van der Waals surface area (Å²) in [6.07, 6.45) is 2.56. The quantitative estimate of drug-likeness (QED) is 0.675. The standard InChI is InChI=1S/C12H15F2N3O2/c13-8-5-10(14)12(17(18)19)11(6-8)16-4-2-1-3-9(16)7-15/h5-6,9H,1-4,7,15H2. The lowest BCUT2D eigenvalue weighted by Crippen LogP contribution is -2.44. The van der Waals surface area contributed by atoms with E-state index in [2.05, 4.69) is 0 Å². The van der Waals surface area contributed by atoms with Crippen molar-refractivity contribution in [1.82, 2.24) is 0 Å². The van der Waals surface area contributed by atoms with Crippen LogP contribution in [0, 0.1) is 21.7 Å². The van der Waals surface area contributed by atoms with Gasteiger partial charge in [0.1, 0.15) is 11.5 Å². The maximum atomic E-state index is 13.6. The highest BCUT2D eigenvalue weighted by atomic mass is 19.1.